The first-order valence-electron chi connectivity index (χ1n) is 6.00. The van der Waals surface area contributed by atoms with E-state index in [2.05, 4.69) is 6.92 Å². The maximum Gasteiger partial charge on any atom is 0.202 e. The van der Waals surface area contributed by atoms with Crippen LogP contribution in [0.2, 0.25) is 0 Å². The van der Waals surface area contributed by atoms with E-state index in [0.29, 0.717) is 22.1 Å². The highest BCUT2D eigenvalue weighted by Gasteiger charge is 2.23. The summed E-state index contributed by atoms with van der Waals surface area (Å²) in [5.74, 6) is 0.441. The molecule has 2 nitrogen and oxygen atoms in total. The van der Waals surface area contributed by atoms with E-state index in [-0.39, 0.29) is 0 Å². The minimum absolute atomic E-state index is 0.441. The molecule has 0 heterocycles. The zero-order chi connectivity index (χ0) is 12.5. The Hall–Kier alpha value is -1.09. The summed E-state index contributed by atoms with van der Waals surface area (Å²) >= 11 is 0. The fourth-order valence-corrected chi connectivity index (χ4v) is 3.50. The molecule has 1 atom stereocenters. The topological polar surface area (TPSA) is 34.1 Å². The van der Waals surface area contributed by atoms with Crippen LogP contribution >= 0.6 is 0 Å². The maximum atomic E-state index is 12.3. The molecule has 0 aromatic rings. The average molecular weight is 250 g/mol. The maximum absolute atomic E-state index is 12.3. The predicted octanol–water partition coefficient (Wildman–Crippen LogP) is 3.51. The van der Waals surface area contributed by atoms with E-state index in [0.717, 1.165) is 12.8 Å². The van der Waals surface area contributed by atoms with Crippen LogP contribution in [0.3, 0.4) is 0 Å². The lowest BCUT2D eigenvalue weighted by Gasteiger charge is -2.16. The molecule has 2 aliphatic carbocycles. The van der Waals surface area contributed by atoms with E-state index in [1.165, 1.54) is 5.57 Å². The molecular formula is C14H18O2S. The van der Waals surface area contributed by atoms with Crippen molar-refractivity contribution in [3.05, 3.63) is 45.8 Å². The molecule has 2 aliphatic rings. The molecule has 92 valence electrons. The van der Waals surface area contributed by atoms with Gasteiger partial charge in [-0.3, -0.25) is 0 Å². The van der Waals surface area contributed by atoms with Gasteiger partial charge < -0.3 is 0 Å². The number of hydrogen-bond acceptors (Lipinski definition) is 2. The Balaban J connectivity index is 2.30. The average Bonchev–Trinajstić information content (AvgIpc) is 2.30. The third kappa shape index (κ3) is 2.60. The molecule has 0 aromatic heterocycles. The zero-order valence-electron chi connectivity index (χ0n) is 10.3. The van der Waals surface area contributed by atoms with Gasteiger partial charge in [-0.25, -0.2) is 8.42 Å². The summed E-state index contributed by atoms with van der Waals surface area (Å²) in [4.78, 5) is 1.02. The molecule has 0 N–H and O–H groups in total. The Morgan fingerprint density at radius 2 is 2.00 bits per heavy atom. The van der Waals surface area contributed by atoms with Crippen LogP contribution in [0.25, 0.3) is 0 Å². The Kier molecular flexibility index (Phi) is 3.38. The lowest BCUT2D eigenvalue weighted by Crippen LogP contribution is -2.10. The second kappa shape index (κ2) is 4.65. The van der Waals surface area contributed by atoms with Gasteiger partial charge in [0.05, 0.1) is 4.91 Å². The Morgan fingerprint density at radius 3 is 2.53 bits per heavy atom. The van der Waals surface area contributed by atoms with Crippen LogP contribution in [0.1, 0.15) is 33.1 Å². The number of hydrogen-bond donors (Lipinski definition) is 0. The van der Waals surface area contributed by atoms with Gasteiger partial charge in [-0.2, -0.15) is 0 Å². The fourth-order valence-electron chi connectivity index (χ4n) is 2.00. The van der Waals surface area contributed by atoms with Crippen molar-refractivity contribution in [2.45, 2.75) is 33.1 Å². The van der Waals surface area contributed by atoms with Crippen molar-refractivity contribution >= 4 is 9.84 Å². The normalized spacial score (nSPS) is 25.1. The molecule has 0 amide bonds. The smallest absolute Gasteiger partial charge is 0.202 e. The molecule has 0 fully saturated rings. The molecule has 0 bridgehead atoms. The minimum atomic E-state index is -3.24. The minimum Gasteiger partial charge on any atom is -0.219 e. The van der Waals surface area contributed by atoms with Crippen LogP contribution in [-0.2, 0) is 9.84 Å². The molecule has 17 heavy (non-hydrogen) atoms. The third-order valence-corrected chi connectivity index (χ3v) is 5.21. The third-order valence-electron chi connectivity index (χ3n) is 3.25. The van der Waals surface area contributed by atoms with E-state index in [1.807, 2.05) is 25.2 Å². The van der Waals surface area contributed by atoms with E-state index >= 15 is 0 Å². The summed E-state index contributed by atoms with van der Waals surface area (Å²) < 4.78 is 24.7. The monoisotopic (exact) mass is 250 g/mol. The van der Waals surface area contributed by atoms with Gasteiger partial charge in [-0.1, -0.05) is 30.7 Å². The highest BCUT2D eigenvalue weighted by Crippen LogP contribution is 2.30. The van der Waals surface area contributed by atoms with E-state index < -0.39 is 9.84 Å². The van der Waals surface area contributed by atoms with Crippen molar-refractivity contribution in [2.75, 3.05) is 0 Å². The van der Waals surface area contributed by atoms with Crippen molar-refractivity contribution in [1.82, 2.24) is 0 Å². The van der Waals surface area contributed by atoms with Gasteiger partial charge in [0.25, 0.3) is 0 Å². The number of sulfone groups is 1. The quantitative estimate of drug-likeness (QED) is 0.751. The summed E-state index contributed by atoms with van der Waals surface area (Å²) in [6.07, 6.45) is 11.5. The van der Waals surface area contributed by atoms with Gasteiger partial charge in [-0.15, -0.1) is 0 Å². The van der Waals surface area contributed by atoms with Crippen LogP contribution < -0.4 is 0 Å². The SMILES string of the molecule is CC1=CC=C(S(=O)(=O)C2=CC[C@@H](C)C=C2)CC1. The first-order chi connectivity index (χ1) is 8.00. The zero-order valence-corrected chi connectivity index (χ0v) is 11.1. The largest absolute Gasteiger partial charge is 0.219 e. The van der Waals surface area contributed by atoms with Gasteiger partial charge in [0.2, 0.25) is 9.84 Å². The summed E-state index contributed by atoms with van der Waals surface area (Å²) in [7, 11) is -3.24. The lowest BCUT2D eigenvalue weighted by molar-refractivity contribution is 0.605. The summed E-state index contributed by atoms with van der Waals surface area (Å²) in [5, 5.41) is 0. The summed E-state index contributed by atoms with van der Waals surface area (Å²) in [6, 6.07) is 0. The Bertz CT molecular complexity index is 531. The second-order valence-electron chi connectivity index (χ2n) is 4.83. The molecule has 3 heteroatoms. The highest BCUT2D eigenvalue weighted by molar-refractivity contribution is 7.99. The van der Waals surface area contributed by atoms with Crippen molar-refractivity contribution in [2.24, 2.45) is 5.92 Å². The summed E-state index contributed by atoms with van der Waals surface area (Å²) in [5.41, 5.74) is 1.24. The molecular weight excluding hydrogens is 232 g/mol. The van der Waals surface area contributed by atoms with Crippen molar-refractivity contribution in [3.8, 4) is 0 Å². The number of rotatable bonds is 2. The van der Waals surface area contributed by atoms with Crippen molar-refractivity contribution < 1.29 is 8.42 Å². The van der Waals surface area contributed by atoms with E-state index in [1.54, 1.807) is 12.2 Å². The van der Waals surface area contributed by atoms with Crippen LogP contribution in [0, 0.1) is 5.92 Å². The molecule has 0 unspecified atom stereocenters. The van der Waals surface area contributed by atoms with E-state index in [4.69, 9.17) is 0 Å². The van der Waals surface area contributed by atoms with Gasteiger partial charge in [-0.05, 0) is 44.3 Å². The molecule has 0 aromatic carbocycles. The lowest BCUT2D eigenvalue weighted by atomic mass is 10.0. The molecule has 0 radical (unpaired) electrons. The molecule has 0 saturated carbocycles. The van der Waals surface area contributed by atoms with E-state index in [9.17, 15) is 8.42 Å². The standard InChI is InChI=1S/C14H18O2S/c1-11-3-7-13(8-4-11)17(15,16)14-9-5-12(2)6-10-14/h3,5,7-9,11H,4,6,10H2,1-2H3/t11-/m0/s1. The first-order valence-corrected chi connectivity index (χ1v) is 7.48. The summed E-state index contributed by atoms with van der Waals surface area (Å²) in [6.45, 7) is 4.11. The van der Waals surface area contributed by atoms with Crippen molar-refractivity contribution in [3.63, 3.8) is 0 Å². The second-order valence-corrected chi connectivity index (χ2v) is 6.83. The van der Waals surface area contributed by atoms with Crippen molar-refractivity contribution in [1.29, 1.82) is 0 Å². The molecule has 0 spiro atoms. The molecule has 0 aliphatic heterocycles. The van der Waals surface area contributed by atoms with Gasteiger partial charge in [0, 0.05) is 4.91 Å². The van der Waals surface area contributed by atoms with Gasteiger partial charge in [0.15, 0.2) is 0 Å². The molecule has 0 saturated heterocycles. The fraction of sp³-hybridized carbons (Fsp3) is 0.429. The Labute approximate surface area is 103 Å². The van der Waals surface area contributed by atoms with Gasteiger partial charge >= 0.3 is 0 Å². The first kappa shape index (κ1) is 12.4. The van der Waals surface area contributed by atoms with Gasteiger partial charge in [0.1, 0.15) is 0 Å². The number of allylic oxidation sites excluding steroid dienone is 7. The predicted molar refractivity (Wildman–Crippen MR) is 71.0 cm³/mol. The molecule has 2 rings (SSSR count). The van der Waals surface area contributed by atoms with Crippen LogP contribution in [-0.4, -0.2) is 8.42 Å². The van der Waals surface area contributed by atoms with Crippen LogP contribution in [0.4, 0.5) is 0 Å². The highest BCUT2D eigenvalue weighted by atomic mass is 32.2. The Morgan fingerprint density at radius 1 is 1.24 bits per heavy atom. The van der Waals surface area contributed by atoms with Crippen LogP contribution in [0.15, 0.2) is 45.8 Å². The van der Waals surface area contributed by atoms with Crippen LogP contribution in [0.5, 0.6) is 0 Å².